The van der Waals surface area contributed by atoms with Gasteiger partial charge in [0.05, 0.1) is 25.4 Å². The molecule has 1 amide bonds. The standard InChI is InChI=1S/2C6H11NO2.C4H9NO/c1-5(9)7-6(4-8)2-3-6;1-2-9-5(8)6(7)3-4-6;5-4(3-6)1-2-4/h8H,2-4H2,1H3,(H,7,9);2-4,7H2,1H3;6H,1-3,5H2. The number of carbonyl (C=O) groups is 2. The molecule has 0 aromatic rings. The van der Waals surface area contributed by atoms with E-state index in [0.29, 0.717) is 6.61 Å². The lowest BCUT2D eigenvalue weighted by molar-refractivity contribution is -0.145. The molecule has 0 heterocycles. The van der Waals surface area contributed by atoms with Crippen molar-refractivity contribution in [3.05, 3.63) is 0 Å². The maximum absolute atomic E-state index is 10.8. The molecule has 0 aromatic carbocycles. The molecule has 0 aliphatic heterocycles. The van der Waals surface area contributed by atoms with E-state index in [2.05, 4.69) is 5.32 Å². The van der Waals surface area contributed by atoms with Crippen LogP contribution in [0.5, 0.6) is 0 Å². The van der Waals surface area contributed by atoms with Gasteiger partial charge in [-0.1, -0.05) is 0 Å². The smallest absolute Gasteiger partial charge is 0.326 e. The van der Waals surface area contributed by atoms with Gasteiger partial charge in [0.1, 0.15) is 5.54 Å². The number of nitrogens with two attached hydrogens (primary N) is 2. The van der Waals surface area contributed by atoms with Gasteiger partial charge < -0.3 is 31.7 Å². The summed E-state index contributed by atoms with van der Waals surface area (Å²) in [6.45, 7) is 3.91. The summed E-state index contributed by atoms with van der Waals surface area (Å²) in [6.07, 6.45) is 5.41. The van der Waals surface area contributed by atoms with Crippen molar-refractivity contribution in [3.63, 3.8) is 0 Å². The molecule has 3 aliphatic carbocycles. The molecule has 0 aromatic heterocycles. The van der Waals surface area contributed by atoms with Crippen molar-refractivity contribution in [1.29, 1.82) is 0 Å². The van der Waals surface area contributed by atoms with Crippen molar-refractivity contribution in [1.82, 2.24) is 5.32 Å². The van der Waals surface area contributed by atoms with Gasteiger partial charge in [-0.25, -0.2) is 0 Å². The maximum Gasteiger partial charge on any atom is 0.326 e. The normalized spacial score (nSPS) is 22.6. The molecule has 0 radical (unpaired) electrons. The van der Waals surface area contributed by atoms with Gasteiger partial charge in [-0.3, -0.25) is 9.59 Å². The summed E-state index contributed by atoms with van der Waals surface area (Å²) in [4.78, 5) is 21.2. The highest BCUT2D eigenvalue weighted by Crippen LogP contribution is 2.34. The Hall–Kier alpha value is -1.22. The number of aliphatic hydroxyl groups is 2. The fourth-order valence-electron chi connectivity index (χ4n) is 1.78. The van der Waals surface area contributed by atoms with Crippen LogP contribution in [0.2, 0.25) is 0 Å². The second kappa shape index (κ2) is 8.24. The number of hydrogen-bond donors (Lipinski definition) is 5. The molecular weight excluding hydrogens is 314 g/mol. The Morgan fingerprint density at radius 2 is 1.58 bits per heavy atom. The lowest BCUT2D eigenvalue weighted by Crippen LogP contribution is -2.37. The Balaban J connectivity index is 0.000000184. The minimum atomic E-state index is -0.601. The van der Waals surface area contributed by atoms with E-state index in [9.17, 15) is 9.59 Å². The van der Waals surface area contributed by atoms with Crippen molar-refractivity contribution in [2.75, 3.05) is 19.8 Å². The Bertz CT molecular complexity index is 443. The maximum atomic E-state index is 10.8. The van der Waals surface area contributed by atoms with Crippen molar-refractivity contribution in [2.45, 2.75) is 69.0 Å². The van der Waals surface area contributed by atoms with Crippen LogP contribution in [0.1, 0.15) is 52.4 Å². The van der Waals surface area contributed by atoms with Crippen LogP contribution in [0, 0.1) is 0 Å². The van der Waals surface area contributed by atoms with E-state index in [1.807, 2.05) is 0 Å². The van der Waals surface area contributed by atoms with Crippen LogP contribution in [0.15, 0.2) is 0 Å². The summed E-state index contributed by atoms with van der Waals surface area (Å²) in [7, 11) is 0. The van der Waals surface area contributed by atoms with Crippen LogP contribution in [0.25, 0.3) is 0 Å². The van der Waals surface area contributed by atoms with Crippen LogP contribution in [0.4, 0.5) is 0 Å². The quantitative estimate of drug-likeness (QED) is 0.408. The zero-order valence-electron chi connectivity index (χ0n) is 14.6. The Labute approximate surface area is 142 Å². The molecule has 8 nitrogen and oxygen atoms in total. The van der Waals surface area contributed by atoms with Gasteiger partial charge in [0.25, 0.3) is 0 Å². The van der Waals surface area contributed by atoms with Crippen LogP contribution < -0.4 is 16.8 Å². The molecule has 24 heavy (non-hydrogen) atoms. The molecule has 8 heteroatoms. The molecule has 7 N–H and O–H groups in total. The first-order valence-electron chi connectivity index (χ1n) is 8.40. The number of hydrogen-bond acceptors (Lipinski definition) is 7. The third-order valence-corrected chi connectivity index (χ3v) is 4.28. The highest BCUT2D eigenvalue weighted by atomic mass is 16.5. The zero-order chi connectivity index (χ0) is 18.4. The molecule has 0 atom stereocenters. The number of nitrogens with one attached hydrogen (secondary N) is 1. The second-order valence-electron chi connectivity index (χ2n) is 7.02. The minimum absolute atomic E-state index is 0.0541. The predicted molar refractivity (Wildman–Crippen MR) is 88.9 cm³/mol. The van der Waals surface area contributed by atoms with Gasteiger partial charge in [-0.2, -0.15) is 0 Å². The van der Waals surface area contributed by atoms with Gasteiger partial charge in [-0.15, -0.1) is 0 Å². The third-order valence-electron chi connectivity index (χ3n) is 4.28. The third kappa shape index (κ3) is 7.12. The lowest BCUT2D eigenvalue weighted by Gasteiger charge is -2.10. The molecule has 3 aliphatic rings. The van der Waals surface area contributed by atoms with Gasteiger partial charge >= 0.3 is 5.97 Å². The van der Waals surface area contributed by atoms with Crippen molar-refractivity contribution >= 4 is 11.9 Å². The molecular formula is C16H31N3O5. The average Bonchev–Trinajstić information content (AvgIpc) is 3.40. The fourth-order valence-corrected chi connectivity index (χ4v) is 1.78. The van der Waals surface area contributed by atoms with Crippen LogP contribution in [-0.4, -0.2) is 58.5 Å². The largest absolute Gasteiger partial charge is 0.465 e. The summed E-state index contributed by atoms with van der Waals surface area (Å²) >= 11 is 0. The monoisotopic (exact) mass is 345 g/mol. The number of amides is 1. The number of esters is 1. The Morgan fingerprint density at radius 3 is 1.75 bits per heavy atom. The summed E-state index contributed by atoms with van der Waals surface area (Å²) in [5, 5.41) is 19.7. The Morgan fingerprint density at radius 1 is 1.04 bits per heavy atom. The predicted octanol–water partition coefficient (Wildman–Crippen LogP) is -0.842. The minimum Gasteiger partial charge on any atom is -0.465 e. The first-order valence-corrected chi connectivity index (χ1v) is 8.40. The van der Waals surface area contributed by atoms with E-state index in [-0.39, 0.29) is 36.2 Å². The van der Waals surface area contributed by atoms with Gasteiger partial charge in [0.2, 0.25) is 5.91 Å². The summed E-state index contributed by atoms with van der Waals surface area (Å²) < 4.78 is 4.70. The first-order chi connectivity index (χ1) is 11.1. The number of rotatable bonds is 5. The summed E-state index contributed by atoms with van der Waals surface area (Å²) in [6, 6.07) is 0. The first kappa shape index (κ1) is 20.8. The topological polar surface area (TPSA) is 148 Å². The fraction of sp³-hybridized carbons (Fsp3) is 0.875. The molecule has 0 saturated heterocycles. The highest BCUT2D eigenvalue weighted by molar-refractivity contribution is 5.83. The van der Waals surface area contributed by atoms with Gasteiger partial charge in [-0.05, 0) is 45.4 Å². The summed E-state index contributed by atoms with van der Waals surface area (Å²) in [5.74, 6) is -0.299. The van der Waals surface area contributed by atoms with E-state index in [1.165, 1.54) is 6.92 Å². The second-order valence-corrected chi connectivity index (χ2v) is 7.02. The van der Waals surface area contributed by atoms with Gasteiger partial charge in [0, 0.05) is 12.5 Å². The molecule has 3 saturated carbocycles. The van der Waals surface area contributed by atoms with Crippen LogP contribution in [0.3, 0.4) is 0 Å². The van der Waals surface area contributed by atoms with Crippen molar-refractivity contribution in [3.8, 4) is 0 Å². The molecule has 3 rings (SSSR count). The average molecular weight is 345 g/mol. The number of ether oxygens (including phenoxy) is 1. The molecule has 3 fully saturated rings. The molecule has 0 spiro atoms. The number of carbonyl (C=O) groups excluding carboxylic acids is 2. The van der Waals surface area contributed by atoms with Crippen molar-refractivity contribution < 1.29 is 24.5 Å². The van der Waals surface area contributed by atoms with Gasteiger partial charge in [0.15, 0.2) is 0 Å². The Kier molecular flexibility index (Phi) is 7.15. The molecule has 0 unspecified atom stereocenters. The molecule has 0 bridgehead atoms. The van der Waals surface area contributed by atoms with E-state index >= 15 is 0 Å². The van der Waals surface area contributed by atoms with E-state index < -0.39 is 5.54 Å². The summed E-state index contributed by atoms with van der Waals surface area (Å²) in [5.41, 5.74) is 9.91. The lowest BCUT2D eigenvalue weighted by atomic mass is 10.3. The molecule has 140 valence electrons. The number of aliphatic hydroxyl groups excluding tert-OH is 2. The van der Waals surface area contributed by atoms with E-state index in [0.717, 1.165) is 38.5 Å². The SMILES string of the molecule is CC(=O)NC1(CO)CC1.CCOC(=O)C1(N)CC1.NC1(CO)CC1. The highest BCUT2D eigenvalue weighted by Gasteiger charge is 2.47. The van der Waals surface area contributed by atoms with Crippen LogP contribution in [-0.2, 0) is 14.3 Å². The van der Waals surface area contributed by atoms with E-state index in [4.69, 9.17) is 26.4 Å². The van der Waals surface area contributed by atoms with Crippen molar-refractivity contribution in [2.24, 2.45) is 11.5 Å². The van der Waals surface area contributed by atoms with Crippen LogP contribution >= 0.6 is 0 Å². The van der Waals surface area contributed by atoms with E-state index in [1.54, 1.807) is 6.92 Å². The zero-order valence-corrected chi connectivity index (χ0v) is 14.6.